The highest BCUT2D eigenvalue weighted by atomic mass is 32.1. The van der Waals surface area contributed by atoms with Crippen molar-refractivity contribution in [3.63, 3.8) is 0 Å². The summed E-state index contributed by atoms with van der Waals surface area (Å²) in [5.74, 6) is 0.745. The second-order valence-corrected chi connectivity index (χ2v) is 6.32. The Kier molecular flexibility index (Phi) is 6.72. The topological polar surface area (TPSA) is 110 Å². The lowest BCUT2D eigenvalue weighted by Crippen LogP contribution is -2.19. The average Bonchev–Trinajstić information content (AvgIpc) is 2.99. The predicted octanol–water partition coefficient (Wildman–Crippen LogP) is 2.76. The van der Waals surface area contributed by atoms with Crippen molar-refractivity contribution in [3.8, 4) is 5.75 Å². The lowest BCUT2D eigenvalue weighted by atomic mass is 10.3. The number of hydrogen-bond acceptors (Lipinski definition) is 8. The number of hydrogen-bond donors (Lipinski definition) is 3. The Bertz CT molecular complexity index is 1080. The van der Waals surface area contributed by atoms with Gasteiger partial charge in [-0.15, -0.1) is 5.10 Å². The van der Waals surface area contributed by atoms with Gasteiger partial charge in [0.05, 0.1) is 0 Å². The Balaban J connectivity index is 1.79. The van der Waals surface area contributed by atoms with Crippen molar-refractivity contribution in [1.82, 2.24) is 24.1 Å². The Labute approximate surface area is 175 Å². The highest BCUT2D eigenvalue weighted by Crippen LogP contribution is 2.18. The molecule has 0 saturated heterocycles. The van der Waals surface area contributed by atoms with Crippen LogP contribution < -0.4 is 20.7 Å². The molecule has 160 valence electrons. The molecule has 3 aromatic rings. The minimum absolute atomic E-state index is 0.00316. The summed E-state index contributed by atoms with van der Waals surface area (Å²) in [7, 11) is 0. The number of amides is 1. The zero-order valence-corrected chi connectivity index (χ0v) is 17.0. The summed E-state index contributed by atoms with van der Waals surface area (Å²) in [5, 5.41) is 13.1. The zero-order valence-electron chi connectivity index (χ0n) is 16.2. The number of ether oxygens (including phenoxy) is 1. The van der Waals surface area contributed by atoms with Gasteiger partial charge < -0.3 is 20.7 Å². The van der Waals surface area contributed by atoms with Gasteiger partial charge in [-0.25, -0.2) is 9.08 Å². The van der Waals surface area contributed by atoms with Gasteiger partial charge in [-0.3, -0.25) is 4.79 Å². The highest BCUT2D eigenvalue weighted by molar-refractivity contribution is 7.71. The molecule has 0 saturated carbocycles. The number of anilines is 3. The van der Waals surface area contributed by atoms with Gasteiger partial charge in [-0.2, -0.15) is 18.7 Å². The molecular weight excluding hydrogens is 418 g/mol. The lowest BCUT2D eigenvalue weighted by molar-refractivity contribution is -0.116. The fourth-order valence-corrected chi connectivity index (χ4v) is 2.87. The van der Waals surface area contributed by atoms with Gasteiger partial charge in [-0.05, 0) is 50.3 Å². The van der Waals surface area contributed by atoms with Crippen molar-refractivity contribution in [2.45, 2.75) is 27.0 Å². The molecule has 13 heteroatoms. The summed E-state index contributed by atoms with van der Waals surface area (Å²) >= 11 is 5.43. The van der Waals surface area contributed by atoms with Gasteiger partial charge in [0.25, 0.3) is 5.78 Å². The highest BCUT2D eigenvalue weighted by Gasteiger charge is 2.15. The maximum absolute atomic E-state index is 12.4. The molecule has 0 bridgehead atoms. The smallest absolute Gasteiger partial charge is 0.387 e. The van der Waals surface area contributed by atoms with Crippen molar-refractivity contribution >= 4 is 41.5 Å². The van der Waals surface area contributed by atoms with Crippen LogP contribution in [0.5, 0.6) is 5.75 Å². The molecule has 0 spiro atoms. The van der Waals surface area contributed by atoms with Crippen molar-refractivity contribution < 1.29 is 18.3 Å². The van der Waals surface area contributed by atoms with E-state index in [-0.39, 0.29) is 17.1 Å². The maximum atomic E-state index is 12.4. The SMILES string of the molecule is CCNc1nc(NCC)n2c(=S)n(CC(=O)Nc3ccc(OC(F)F)cc3)nc2n1. The summed E-state index contributed by atoms with van der Waals surface area (Å²) in [4.78, 5) is 21.1. The Hall–Kier alpha value is -3.35. The standard InChI is InChI=1S/C17H20F2N8O2S/c1-3-20-14-23-15(21-4-2)27-16(24-14)25-26(17(27)30)9-12(28)22-10-5-7-11(8-6-10)29-13(18)19/h5-8,13H,3-4,9H2,1-2H3,(H,22,28)(H2,20,21,23,24,25). The molecule has 30 heavy (non-hydrogen) atoms. The minimum Gasteiger partial charge on any atom is -0.435 e. The molecule has 1 amide bonds. The first kappa shape index (κ1) is 21.4. The van der Waals surface area contributed by atoms with Crippen LogP contribution in [-0.4, -0.2) is 49.8 Å². The van der Waals surface area contributed by atoms with E-state index in [0.29, 0.717) is 36.5 Å². The predicted molar refractivity (Wildman–Crippen MR) is 110 cm³/mol. The van der Waals surface area contributed by atoms with Gasteiger partial charge in [0, 0.05) is 18.8 Å². The van der Waals surface area contributed by atoms with Crippen LogP contribution in [0.2, 0.25) is 0 Å². The summed E-state index contributed by atoms with van der Waals surface area (Å²) < 4.78 is 31.8. The number of carbonyl (C=O) groups excluding carboxylic acids is 1. The van der Waals surface area contributed by atoms with Gasteiger partial charge in [0.15, 0.2) is 0 Å². The Morgan fingerprint density at radius 3 is 2.50 bits per heavy atom. The number of nitrogens with zero attached hydrogens (tertiary/aromatic N) is 5. The van der Waals surface area contributed by atoms with Gasteiger partial charge in [-0.1, -0.05) is 0 Å². The number of carbonyl (C=O) groups is 1. The van der Waals surface area contributed by atoms with E-state index in [1.165, 1.54) is 28.9 Å². The quantitative estimate of drug-likeness (QED) is 0.438. The number of benzene rings is 1. The van der Waals surface area contributed by atoms with Gasteiger partial charge in [0.1, 0.15) is 12.3 Å². The average molecular weight is 438 g/mol. The summed E-state index contributed by atoms with van der Waals surface area (Å²) in [6, 6.07) is 5.57. The van der Waals surface area contributed by atoms with E-state index in [9.17, 15) is 13.6 Å². The Morgan fingerprint density at radius 2 is 1.87 bits per heavy atom. The molecule has 10 nitrogen and oxygen atoms in total. The van der Waals surface area contributed by atoms with Crippen molar-refractivity contribution in [1.29, 1.82) is 0 Å². The molecule has 0 unspecified atom stereocenters. The number of halogens is 2. The van der Waals surface area contributed by atoms with Gasteiger partial charge in [0.2, 0.25) is 22.6 Å². The molecule has 2 heterocycles. The molecule has 0 fully saturated rings. The lowest BCUT2D eigenvalue weighted by Gasteiger charge is -2.08. The monoisotopic (exact) mass is 438 g/mol. The molecule has 0 aliphatic rings. The number of fused-ring (bicyclic) bond motifs is 1. The molecule has 3 rings (SSSR count). The molecule has 0 aliphatic heterocycles. The normalized spacial score (nSPS) is 11.0. The molecular formula is C17H20F2N8O2S. The van der Waals surface area contributed by atoms with Crippen molar-refractivity contribution in [2.75, 3.05) is 29.0 Å². The second kappa shape index (κ2) is 9.43. The van der Waals surface area contributed by atoms with Crippen LogP contribution in [0.1, 0.15) is 13.8 Å². The maximum Gasteiger partial charge on any atom is 0.387 e. The fourth-order valence-electron chi connectivity index (χ4n) is 2.60. The largest absolute Gasteiger partial charge is 0.435 e. The summed E-state index contributed by atoms with van der Waals surface area (Å²) in [5.41, 5.74) is 0.416. The third-order valence-corrected chi connectivity index (χ3v) is 4.17. The summed E-state index contributed by atoms with van der Waals surface area (Å²) in [6.07, 6.45) is 0. The minimum atomic E-state index is -2.91. The summed E-state index contributed by atoms with van der Waals surface area (Å²) in [6.45, 7) is 2.00. The number of alkyl halides is 2. The first-order valence-corrected chi connectivity index (χ1v) is 9.52. The van der Waals surface area contributed by atoms with E-state index in [4.69, 9.17) is 12.2 Å². The van der Waals surface area contributed by atoms with E-state index in [0.717, 1.165) is 0 Å². The van der Waals surface area contributed by atoms with Crippen molar-refractivity contribution in [2.24, 2.45) is 0 Å². The van der Waals surface area contributed by atoms with Crippen LogP contribution in [0, 0.1) is 4.77 Å². The van der Waals surface area contributed by atoms with Crippen LogP contribution in [0.25, 0.3) is 5.78 Å². The second-order valence-electron chi connectivity index (χ2n) is 5.96. The molecule has 0 aliphatic carbocycles. The van der Waals surface area contributed by atoms with Crippen LogP contribution in [0.15, 0.2) is 24.3 Å². The third kappa shape index (κ3) is 4.97. The fraction of sp³-hybridized carbons (Fsp3) is 0.353. The molecule has 2 aromatic heterocycles. The number of rotatable bonds is 9. The third-order valence-electron chi connectivity index (χ3n) is 3.78. The van der Waals surface area contributed by atoms with Gasteiger partial charge >= 0.3 is 6.61 Å². The number of aromatic nitrogens is 5. The van der Waals surface area contributed by atoms with E-state index in [1.54, 1.807) is 4.40 Å². The van der Waals surface area contributed by atoms with E-state index in [2.05, 4.69) is 35.8 Å². The van der Waals surface area contributed by atoms with E-state index >= 15 is 0 Å². The zero-order chi connectivity index (χ0) is 21.7. The van der Waals surface area contributed by atoms with Crippen LogP contribution in [-0.2, 0) is 11.3 Å². The molecule has 0 atom stereocenters. The van der Waals surface area contributed by atoms with E-state index in [1.807, 2.05) is 13.8 Å². The van der Waals surface area contributed by atoms with Crippen LogP contribution >= 0.6 is 12.2 Å². The van der Waals surface area contributed by atoms with Crippen molar-refractivity contribution in [3.05, 3.63) is 29.0 Å². The Morgan fingerprint density at radius 1 is 1.17 bits per heavy atom. The van der Waals surface area contributed by atoms with E-state index < -0.39 is 12.5 Å². The first-order chi connectivity index (χ1) is 14.4. The van der Waals surface area contributed by atoms with Crippen LogP contribution in [0.3, 0.4) is 0 Å². The molecule has 0 radical (unpaired) electrons. The number of nitrogens with one attached hydrogen (secondary N) is 3. The molecule has 1 aromatic carbocycles. The molecule has 3 N–H and O–H groups in total. The first-order valence-electron chi connectivity index (χ1n) is 9.11. The van der Waals surface area contributed by atoms with Crippen LogP contribution in [0.4, 0.5) is 26.4 Å².